The van der Waals surface area contributed by atoms with Gasteiger partial charge in [0.25, 0.3) is 0 Å². The molecule has 23 heavy (non-hydrogen) atoms. The average Bonchev–Trinajstić information content (AvgIpc) is 2.91. The van der Waals surface area contributed by atoms with Gasteiger partial charge in [-0.15, -0.1) is 10.2 Å². The number of nitrogens with zero attached hydrogens (tertiary/aromatic N) is 6. The molecule has 1 unspecified atom stereocenters. The molecule has 0 aromatic carbocycles. The summed E-state index contributed by atoms with van der Waals surface area (Å²) in [5, 5.41) is 27.9. The molecule has 0 saturated carbocycles. The molecule has 7 nitrogen and oxygen atoms in total. The van der Waals surface area contributed by atoms with Crippen LogP contribution in [0.3, 0.4) is 0 Å². The molecule has 2 aromatic heterocycles. The molecule has 1 aliphatic rings. The van der Waals surface area contributed by atoms with Crippen molar-refractivity contribution >= 4 is 5.82 Å². The first kappa shape index (κ1) is 15.4. The summed E-state index contributed by atoms with van der Waals surface area (Å²) in [5.41, 5.74) is 0.454. The standard InChI is InChI=1S/C16H20N6O/c1-12-13(9-17)4-5-14(19-12)22-7-3-6-16(23,10-22)8-15-20-18-11-21(15)2/h4-5,11,23H,3,6-8,10H2,1-2H3. The zero-order valence-electron chi connectivity index (χ0n) is 13.4. The molecule has 0 amide bonds. The zero-order valence-corrected chi connectivity index (χ0v) is 13.4. The Labute approximate surface area is 135 Å². The summed E-state index contributed by atoms with van der Waals surface area (Å²) in [6, 6.07) is 5.76. The molecule has 0 radical (unpaired) electrons. The fourth-order valence-electron chi connectivity index (χ4n) is 3.06. The first-order valence-electron chi connectivity index (χ1n) is 7.69. The Bertz CT molecular complexity index is 749. The van der Waals surface area contributed by atoms with Crippen LogP contribution in [0.5, 0.6) is 0 Å². The summed E-state index contributed by atoms with van der Waals surface area (Å²) < 4.78 is 1.83. The lowest BCUT2D eigenvalue weighted by Gasteiger charge is -2.39. The van der Waals surface area contributed by atoms with Gasteiger partial charge >= 0.3 is 0 Å². The molecule has 1 atom stereocenters. The van der Waals surface area contributed by atoms with Crippen LogP contribution in [0.1, 0.15) is 29.9 Å². The first-order chi connectivity index (χ1) is 11.0. The molecule has 0 aliphatic carbocycles. The van der Waals surface area contributed by atoms with Gasteiger partial charge in [0.05, 0.1) is 16.9 Å². The second-order valence-electron chi connectivity index (χ2n) is 6.20. The van der Waals surface area contributed by atoms with Crippen molar-refractivity contribution in [2.24, 2.45) is 7.05 Å². The molecular weight excluding hydrogens is 292 g/mol. The maximum Gasteiger partial charge on any atom is 0.135 e. The monoisotopic (exact) mass is 312 g/mol. The van der Waals surface area contributed by atoms with Gasteiger partial charge in [-0.1, -0.05) is 0 Å². The number of hydrogen-bond acceptors (Lipinski definition) is 6. The van der Waals surface area contributed by atoms with E-state index in [0.29, 0.717) is 24.2 Å². The Morgan fingerprint density at radius 3 is 2.91 bits per heavy atom. The molecule has 1 fully saturated rings. The Kier molecular flexibility index (Phi) is 4.01. The molecule has 7 heteroatoms. The summed E-state index contributed by atoms with van der Waals surface area (Å²) in [4.78, 5) is 6.58. The van der Waals surface area contributed by atoms with Crippen molar-refractivity contribution in [3.05, 3.63) is 35.5 Å². The summed E-state index contributed by atoms with van der Waals surface area (Å²) in [7, 11) is 1.88. The Hall–Kier alpha value is -2.46. The second kappa shape index (κ2) is 5.97. The van der Waals surface area contributed by atoms with Crippen molar-refractivity contribution in [1.29, 1.82) is 5.26 Å². The van der Waals surface area contributed by atoms with E-state index in [9.17, 15) is 5.11 Å². The second-order valence-corrected chi connectivity index (χ2v) is 6.20. The molecule has 0 spiro atoms. The van der Waals surface area contributed by atoms with Crippen LogP contribution in [0.15, 0.2) is 18.5 Å². The SMILES string of the molecule is Cc1nc(N2CCCC(O)(Cc3nncn3C)C2)ccc1C#N. The number of anilines is 1. The summed E-state index contributed by atoms with van der Waals surface area (Å²) in [5.74, 6) is 1.58. The van der Waals surface area contributed by atoms with Crippen molar-refractivity contribution in [2.75, 3.05) is 18.0 Å². The van der Waals surface area contributed by atoms with Crippen molar-refractivity contribution in [3.63, 3.8) is 0 Å². The van der Waals surface area contributed by atoms with Crippen molar-refractivity contribution < 1.29 is 5.11 Å². The lowest BCUT2D eigenvalue weighted by atomic mass is 9.89. The highest BCUT2D eigenvalue weighted by atomic mass is 16.3. The van der Waals surface area contributed by atoms with Crippen LogP contribution in [-0.2, 0) is 13.5 Å². The summed E-state index contributed by atoms with van der Waals surface area (Å²) in [6.07, 6.45) is 3.72. The van der Waals surface area contributed by atoms with Crippen LogP contribution in [0, 0.1) is 18.3 Å². The Morgan fingerprint density at radius 1 is 1.43 bits per heavy atom. The van der Waals surface area contributed by atoms with Crippen LogP contribution in [0.2, 0.25) is 0 Å². The third kappa shape index (κ3) is 3.17. The number of hydrogen-bond donors (Lipinski definition) is 1. The van der Waals surface area contributed by atoms with E-state index < -0.39 is 5.60 Å². The van der Waals surface area contributed by atoms with E-state index in [2.05, 4.69) is 26.2 Å². The van der Waals surface area contributed by atoms with E-state index in [-0.39, 0.29) is 0 Å². The smallest absolute Gasteiger partial charge is 0.135 e. The molecule has 2 aromatic rings. The molecule has 1 N–H and O–H groups in total. The maximum absolute atomic E-state index is 11.0. The quantitative estimate of drug-likeness (QED) is 0.908. The maximum atomic E-state index is 11.0. The van der Waals surface area contributed by atoms with Crippen LogP contribution in [0.4, 0.5) is 5.82 Å². The number of aliphatic hydroxyl groups is 1. The normalized spacial score (nSPS) is 21.2. The van der Waals surface area contributed by atoms with E-state index in [1.54, 1.807) is 12.4 Å². The third-order valence-corrected chi connectivity index (χ3v) is 4.36. The van der Waals surface area contributed by atoms with Gasteiger partial charge in [0.15, 0.2) is 0 Å². The van der Waals surface area contributed by atoms with Crippen LogP contribution in [0.25, 0.3) is 0 Å². The molecule has 1 aliphatic heterocycles. The topological polar surface area (TPSA) is 90.9 Å². The van der Waals surface area contributed by atoms with E-state index in [1.807, 2.05) is 24.6 Å². The molecular formula is C16H20N6O. The predicted octanol–water partition coefficient (Wildman–Crippen LogP) is 0.964. The van der Waals surface area contributed by atoms with Gasteiger partial charge in [0.1, 0.15) is 24.0 Å². The largest absolute Gasteiger partial charge is 0.388 e. The highest BCUT2D eigenvalue weighted by Gasteiger charge is 2.35. The van der Waals surface area contributed by atoms with Crippen LogP contribution in [-0.4, -0.2) is 43.5 Å². The van der Waals surface area contributed by atoms with E-state index in [4.69, 9.17) is 5.26 Å². The van der Waals surface area contributed by atoms with Gasteiger partial charge in [-0.3, -0.25) is 0 Å². The van der Waals surface area contributed by atoms with E-state index >= 15 is 0 Å². The van der Waals surface area contributed by atoms with Crippen molar-refractivity contribution in [1.82, 2.24) is 19.7 Å². The minimum atomic E-state index is -0.845. The number of pyridine rings is 1. The third-order valence-electron chi connectivity index (χ3n) is 4.36. The van der Waals surface area contributed by atoms with Crippen molar-refractivity contribution in [2.45, 2.75) is 31.8 Å². The number of aromatic nitrogens is 4. The van der Waals surface area contributed by atoms with Gasteiger partial charge < -0.3 is 14.6 Å². The Morgan fingerprint density at radius 2 is 2.26 bits per heavy atom. The van der Waals surface area contributed by atoms with Gasteiger partial charge in [-0.25, -0.2) is 4.98 Å². The van der Waals surface area contributed by atoms with Gasteiger partial charge in [-0.05, 0) is 31.9 Å². The lowest BCUT2D eigenvalue weighted by Crippen LogP contribution is -2.50. The average molecular weight is 312 g/mol. The highest BCUT2D eigenvalue weighted by molar-refractivity contribution is 5.46. The number of β-amino-alcohol motifs (C(OH)–C–C–N with tert-alkyl or cyclic N) is 1. The Balaban J connectivity index is 1.79. The van der Waals surface area contributed by atoms with Gasteiger partial charge in [0, 0.05) is 26.6 Å². The molecule has 3 rings (SSSR count). The van der Waals surface area contributed by atoms with Crippen molar-refractivity contribution in [3.8, 4) is 6.07 Å². The minimum absolute atomic E-state index is 0.468. The molecule has 3 heterocycles. The fourth-order valence-corrected chi connectivity index (χ4v) is 3.06. The predicted molar refractivity (Wildman–Crippen MR) is 84.8 cm³/mol. The van der Waals surface area contributed by atoms with E-state index in [0.717, 1.165) is 31.0 Å². The fraction of sp³-hybridized carbons (Fsp3) is 0.500. The minimum Gasteiger partial charge on any atom is -0.388 e. The summed E-state index contributed by atoms with van der Waals surface area (Å²) >= 11 is 0. The zero-order chi connectivity index (χ0) is 16.4. The summed E-state index contributed by atoms with van der Waals surface area (Å²) in [6.45, 7) is 3.18. The molecule has 1 saturated heterocycles. The van der Waals surface area contributed by atoms with Crippen LogP contribution < -0.4 is 4.90 Å². The van der Waals surface area contributed by atoms with Gasteiger partial charge in [-0.2, -0.15) is 5.26 Å². The lowest BCUT2D eigenvalue weighted by molar-refractivity contribution is 0.0236. The van der Waals surface area contributed by atoms with E-state index in [1.165, 1.54) is 0 Å². The number of rotatable bonds is 3. The molecule has 0 bridgehead atoms. The number of piperidine rings is 1. The van der Waals surface area contributed by atoms with Crippen LogP contribution >= 0.6 is 0 Å². The number of nitriles is 1. The molecule has 120 valence electrons. The van der Waals surface area contributed by atoms with Gasteiger partial charge in [0.2, 0.25) is 0 Å². The highest BCUT2D eigenvalue weighted by Crippen LogP contribution is 2.28. The number of aryl methyl sites for hydroxylation is 2. The first-order valence-corrected chi connectivity index (χ1v) is 7.69.